The van der Waals surface area contributed by atoms with Crippen LogP contribution in [0.15, 0.2) is 78.9 Å². The van der Waals surface area contributed by atoms with E-state index < -0.39 is 0 Å². The van der Waals surface area contributed by atoms with Gasteiger partial charge in [0, 0.05) is 30.9 Å². The zero-order chi connectivity index (χ0) is 27.3. The summed E-state index contributed by atoms with van der Waals surface area (Å²) in [7, 11) is 0. The van der Waals surface area contributed by atoms with Gasteiger partial charge in [0.15, 0.2) is 0 Å². The highest BCUT2D eigenvalue weighted by atomic mass is 16.5. The van der Waals surface area contributed by atoms with E-state index in [4.69, 9.17) is 9.47 Å². The average Bonchev–Trinajstić information content (AvgIpc) is 3.48. The van der Waals surface area contributed by atoms with Gasteiger partial charge >= 0.3 is 6.03 Å². The van der Waals surface area contributed by atoms with Crippen molar-refractivity contribution in [1.29, 1.82) is 0 Å². The van der Waals surface area contributed by atoms with Gasteiger partial charge in [-0.1, -0.05) is 43.9 Å². The van der Waals surface area contributed by atoms with E-state index in [9.17, 15) is 9.59 Å². The highest BCUT2D eigenvalue weighted by Crippen LogP contribution is 2.28. The van der Waals surface area contributed by atoms with Gasteiger partial charge in [-0.15, -0.1) is 0 Å². The Balaban J connectivity index is 1.35. The molecule has 1 aliphatic rings. The average molecular weight is 530 g/mol. The molecule has 0 bridgehead atoms. The Hall–Kier alpha value is -4.00. The van der Waals surface area contributed by atoms with Gasteiger partial charge in [0.1, 0.15) is 17.2 Å². The van der Waals surface area contributed by atoms with Gasteiger partial charge < -0.3 is 20.1 Å². The van der Waals surface area contributed by atoms with Crippen molar-refractivity contribution in [2.24, 2.45) is 5.92 Å². The van der Waals surface area contributed by atoms with Crippen LogP contribution in [0.5, 0.6) is 17.2 Å². The molecule has 2 N–H and O–H groups in total. The van der Waals surface area contributed by atoms with Crippen LogP contribution in [0.3, 0.4) is 0 Å². The summed E-state index contributed by atoms with van der Waals surface area (Å²) in [6.45, 7) is 3.48. The standard InChI is InChI=1S/C32H39N3O4/c1-2-38-28-18-14-26(15-19-28)34-32(37)35(24-8-23-33-31(36)22-13-25-9-6-7-10-25)27-16-20-30(21-17-27)39-29-11-4-3-5-12-29/h3-5,11-12,14-21,25H,2,6-10,13,22-24H2,1H3,(H,33,36)(H,34,37). The molecule has 0 saturated heterocycles. The lowest BCUT2D eigenvalue weighted by atomic mass is 10.0. The van der Waals surface area contributed by atoms with Gasteiger partial charge in [-0.05, 0) is 86.3 Å². The molecule has 3 aromatic rings. The number of hydrogen-bond acceptors (Lipinski definition) is 4. The quantitative estimate of drug-likeness (QED) is 0.226. The molecule has 0 aromatic heterocycles. The second-order valence-corrected chi connectivity index (χ2v) is 9.84. The molecule has 4 rings (SSSR count). The molecule has 3 amide bonds. The summed E-state index contributed by atoms with van der Waals surface area (Å²) >= 11 is 0. The fourth-order valence-corrected chi connectivity index (χ4v) is 4.85. The Labute approximate surface area is 231 Å². The van der Waals surface area contributed by atoms with E-state index in [0.29, 0.717) is 49.9 Å². The van der Waals surface area contributed by atoms with Gasteiger partial charge in [0.25, 0.3) is 0 Å². The first-order valence-electron chi connectivity index (χ1n) is 14.0. The van der Waals surface area contributed by atoms with Crippen molar-refractivity contribution >= 4 is 23.3 Å². The van der Waals surface area contributed by atoms with Crippen molar-refractivity contribution in [1.82, 2.24) is 5.32 Å². The zero-order valence-electron chi connectivity index (χ0n) is 22.7. The number of anilines is 2. The number of ether oxygens (including phenoxy) is 2. The molecule has 0 unspecified atom stereocenters. The molecule has 206 valence electrons. The molecule has 39 heavy (non-hydrogen) atoms. The summed E-state index contributed by atoms with van der Waals surface area (Å²) in [5.74, 6) is 2.98. The summed E-state index contributed by atoms with van der Waals surface area (Å²) in [5.41, 5.74) is 1.42. The topological polar surface area (TPSA) is 79.9 Å². The van der Waals surface area contributed by atoms with Crippen molar-refractivity contribution in [3.05, 3.63) is 78.9 Å². The van der Waals surface area contributed by atoms with Gasteiger partial charge in [-0.25, -0.2) is 4.79 Å². The van der Waals surface area contributed by atoms with Crippen LogP contribution in [-0.2, 0) is 4.79 Å². The predicted molar refractivity (Wildman–Crippen MR) is 156 cm³/mol. The van der Waals surface area contributed by atoms with Crippen molar-refractivity contribution in [2.75, 3.05) is 29.9 Å². The van der Waals surface area contributed by atoms with Crippen LogP contribution in [0.25, 0.3) is 0 Å². The van der Waals surface area contributed by atoms with E-state index in [2.05, 4.69) is 10.6 Å². The minimum Gasteiger partial charge on any atom is -0.494 e. The fraction of sp³-hybridized carbons (Fsp3) is 0.375. The van der Waals surface area contributed by atoms with Crippen LogP contribution in [0.4, 0.5) is 16.2 Å². The number of carbonyl (C=O) groups excluding carboxylic acids is 2. The first-order chi connectivity index (χ1) is 19.1. The normalized spacial score (nSPS) is 13.1. The van der Waals surface area contributed by atoms with E-state index in [1.807, 2.05) is 85.8 Å². The molecule has 1 fully saturated rings. The van der Waals surface area contributed by atoms with Crippen molar-refractivity contribution in [3.8, 4) is 17.2 Å². The Morgan fingerprint density at radius 1 is 0.872 bits per heavy atom. The molecule has 7 nitrogen and oxygen atoms in total. The molecule has 7 heteroatoms. The van der Waals surface area contributed by atoms with Crippen LogP contribution in [-0.4, -0.2) is 31.6 Å². The first-order valence-corrected chi connectivity index (χ1v) is 14.0. The van der Waals surface area contributed by atoms with E-state index in [1.165, 1.54) is 25.7 Å². The number of nitrogens with zero attached hydrogens (tertiary/aromatic N) is 1. The summed E-state index contributed by atoms with van der Waals surface area (Å²) in [6, 6.07) is 24.1. The fourth-order valence-electron chi connectivity index (χ4n) is 4.85. The predicted octanol–water partition coefficient (Wildman–Crippen LogP) is 7.39. The Morgan fingerprint density at radius 3 is 2.23 bits per heavy atom. The van der Waals surface area contributed by atoms with Crippen LogP contribution in [0, 0.1) is 5.92 Å². The number of urea groups is 1. The maximum Gasteiger partial charge on any atom is 0.326 e. The molecule has 1 saturated carbocycles. The third-order valence-corrected chi connectivity index (χ3v) is 6.92. The molecule has 0 heterocycles. The van der Waals surface area contributed by atoms with Gasteiger partial charge in [0.2, 0.25) is 5.91 Å². The maximum absolute atomic E-state index is 13.3. The first kappa shape index (κ1) is 28.0. The molecule has 3 aromatic carbocycles. The highest BCUT2D eigenvalue weighted by Gasteiger charge is 2.18. The monoisotopic (exact) mass is 529 g/mol. The third-order valence-electron chi connectivity index (χ3n) is 6.92. The van der Waals surface area contributed by atoms with Crippen LogP contribution < -0.4 is 25.0 Å². The van der Waals surface area contributed by atoms with Crippen LogP contribution in [0.1, 0.15) is 51.9 Å². The van der Waals surface area contributed by atoms with Crippen molar-refractivity contribution in [3.63, 3.8) is 0 Å². The van der Waals surface area contributed by atoms with Crippen molar-refractivity contribution < 1.29 is 19.1 Å². The van der Waals surface area contributed by atoms with E-state index >= 15 is 0 Å². The zero-order valence-corrected chi connectivity index (χ0v) is 22.7. The number of benzene rings is 3. The second-order valence-electron chi connectivity index (χ2n) is 9.84. The molecule has 0 atom stereocenters. The Morgan fingerprint density at radius 2 is 1.54 bits per heavy atom. The van der Waals surface area contributed by atoms with Gasteiger partial charge in [-0.2, -0.15) is 0 Å². The maximum atomic E-state index is 13.3. The van der Waals surface area contributed by atoms with Gasteiger partial charge in [-0.3, -0.25) is 9.69 Å². The summed E-state index contributed by atoms with van der Waals surface area (Å²) in [6.07, 6.45) is 7.27. The second kappa shape index (κ2) is 14.8. The number of para-hydroxylation sites is 1. The van der Waals surface area contributed by atoms with E-state index in [0.717, 1.165) is 23.6 Å². The number of amides is 3. The molecular weight excluding hydrogens is 490 g/mol. The smallest absolute Gasteiger partial charge is 0.326 e. The van der Waals surface area contributed by atoms with Crippen LogP contribution >= 0.6 is 0 Å². The number of rotatable bonds is 13. The summed E-state index contributed by atoms with van der Waals surface area (Å²) in [4.78, 5) is 27.4. The Bertz CT molecular complexity index is 1160. The molecular formula is C32H39N3O4. The van der Waals surface area contributed by atoms with Crippen LogP contribution in [0.2, 0.25) is 0 Å². The van der Waals surface area contributed by atoms with E-state index in [-0.39, 0.29) is 11.9 Å². The molecule has 0 radical (unpaired) electrons. The van der Waals surface area contributed by atoms with Gasteiger partial charge in [0.05, 0.1) is 6.61 Å². The Kier molecular flexibility index (Phi) is 10.6. The van der Waals surface area contributed by atoms with Crippen molar-refractivity contribution in [2.45, 2.75) is 51.9 Å². The molecule has 0 spiro atoms. The molecule has 0 aliphatic heterocycles. The SMILES string of the molecule is CCOc1ccc(NC(=O)N(CCCNC(=O)CCC2CCCC2)c2ccc(Oc3ccccc3)cc2)cc1. The van der Waals surface area contributed by atoms with E-state index in [1.54, 1.807) is 4.90 Å². The lowest BCUT2D eigenvalue weighted by molar-refractivity contribution is -0.121. The molecule has 1 aliphatic carbocycles. The lowest BCUT2D eigenvalue weighted by Gasteiger charge is -2.24. The number of hydrogen-bond donors (Lipinski definition) is 2. The number of carbonyl (C=O) groups is 2. The summed E-state index contributed by atoms with van der Waals surface area (Å²) in [5, 5.41) is 6.00. The lowest BCUT2D eigenvalue weighted by Crippen LogP contribution is -2.37. The largest absolute Gasteiger partial charge is 0.494 e. The minimum absolute atomic E-state index is 0.0923. The minimum atomic E-state index is -0.247. The third kappa shape index (κ3) is 9.06. The number of nitrogens with one attached hydrogen (secondary N) is 2. The summed E-state index contributed by atoms with van der Waals surface area (Å²) < 4.78 is 11.4. The highest BCUT2D eigenvalue weighted by molar-refractivity contribution is 6.01.